The first kappa shape index (κ1) is 21.1. The lowest BCUT2D eigenvalue weighted by Crippen LogP contribution is -2.48. The molecule has 1 aromatic heterocycles. The molecule has 0 saturated carbocycles. The minimum Gasteiger partial charge on any atom is -0.491 e. The van der Waals surface area contributed by atoms with Crippen LogP contribution in [0.25, 0.3) is 0 Å². The van der Waals surface area contributed by atoms with Crippen LogP contribution >= 0.6 is 0 Å². The summed E-state index contributed by atoms with van der Waals surface area (Å²) in [6.45, 7) is 4.86. The molecule has 0 radical (unpaired) electrons. The first-order valence-electron chi connectivity index (χ1n) is 10.5. The second-order valence-electron chi connectivity index (χ2n) is 7.79. The van der Waals surface area contributed by atoms with Crippen LogP contribution in [0.2, 0.25) is 0 Å². The van der Waals surface area contributed by atoms with E-state index in [1.165, 1.54) is 11.1 Å². The van der Waals surface area contributed by atoms with Crippen molar-refractivity contribution in [2.75, 3.05) is 26.3 Å². The molecule has 1 fully saturated rings. The van der Waals surface area contributed by atoms with Crippen molar-refractivity contribution in [2.24, 2.45) is 0 Å². The van der Waals surface area contributed by atoms with E-state index in [1.807, 2.05) is 31.2 Å². The molecule has 3 N–H and O–H groups in total. The van der Waals surface area contributed by atoms with E-state index >= 15 is 0 Å². The predicted molar refractivity (Wildman–Crippen MR) is 117 cm³/mol. The molecule has 0 amide bonds. The molecule has 2 aromatic carbocycles. The number of carboxylic acid groups (broad SMARTS) is 1. The number of aromatic carboxylic acids is 1. The van der Waals surface area contributed by atoms with E-state index in [-0.39, 0.29) is 5.69 Å². The Kier molecular flexibility index (Phi) is 6.64. The van der Waals surface area contributed by atoms with Gasteiger partial charge in [-0.05, 0) is 42.2 Å². The number of nitrogens with one attached hydrogen (secondary N) is 2. The fraction of sp³-hybridized carbons (Fsp3) is 0.333. The molecule has 7 nitrogen and oxygen atoms in total. The summed E-state index contributed by atoms with van der Waals surface area (Å²) in [5.41, 5.74) is 5.06. The second kappa shape index (κ2) is 9.76. The highest BCUT2D eigenvalue weighted by Gasteiger charge is 2.17. The van der Waals surface area contributed by atoms with E-state index in [1.54, 1.807) is 0 Å². The van der Waals surface area contributed by atoms with Gasteiger partial charge in [-0.25, -0.2) is 4.79 Å². The van der Waals surface area contributed by atoms with Crippen molar-refractivity contribution in [3.05, 3.63) is 82.2 Å². The summed E-state index contributed by atoms with van der Waals surface area (Å²) in [6, 6.07) is 16.4. The van der Waals surface area contributed by atoms with Gasteiger partial charge in [0.25, 0.3) is 0 Å². The van der Waals surface area contributed by atoms with Gasteiger partial charge in [0, 0.05) is 30.8 Å². The van der Waals surface area contributed by atoms with Crippen LogP contribution in [-0.4, -0.2) is 53.7 Å². The van der Waals surface area contributed by atoms with Crippen LogP contribution in [-0.2, 0) is 17.6 Å². The Hall–Kier alpha value is -3.16. The lowest BCUT2D eigenvalue weighted by molar-refractivity contribution is 0.00454. The van der Waals surface area contributed by atoms with E-state index in [0.29, 0.717) is 25.7 Å². The van der Waals surface area contributed by atoms with Crippen molar-refractivity contribution >= 4 is 5.97 Å². The molecular weight excluding hydrogens is 394 g/mol. The van der Waals surface area contributed by atoms with Crippen LogP contribution in [0.4, 0.5) is 0 Å². The van der Waals surface area contributed by atoms with Crippen LogP contribution in [0.3, 0.4) is 0 Å². The van der Waals surface area contributed by atoms with Crippen molar-refractivity contribution in [1.29, 1.82) is 0 Å². The van der Waals surface area contributed by atoms with Crippen molar-refractivity contribution in [2.45, 2.75) is 25.9 Å². The van der Waals surface area contributed by atoms with E-state index in [4.69, 9.17) is 9.47 Å². The lowest BCUT2D eigenvalue weighted by Gasteiger charge is -2.26. The highest BCUT2D eigenvalue weighted by Crippen LogP contribution is 2.19. The molecule has 31 heavy (non-hydrogen) atoms. The molecule has 0 aliphatic carbocycles. The van der Waals surface area contributed by atoms with Crippen LogP contribution < -0.4 is 10.1 Å². The molecule has 3 aromatic rings. The molecule has 0 unspecified atom stereocenters. The van der Waals surface area contributed by atoms with Crippen molar-refractivity contribution < 1.29 is 19.4 Å². The Morgan fingerprint density at radius 3 is 2.19 bits per heavy atom. The third-order valence-electron chi connectivity index (χ3n) is 5.46. The summed E-state index contributed by atoms with van der Waals surface area (Å²) in [4.78, 5) is 11.3. The van der Waals surface area contributed by atoms with Crippen LogP contribution in [0.15, 0.2) is 48.5 Å². The summed E-state index contributed by atoms with van der Waals surface area (Å²) in [7, 11) is 0. The van der Waals surface area contributed by atoms with E-state index in [2.05, 4.69) is 39.8 Å². The Balaban J connectivity index is 1.28. The van der Waals surface area contributed by atoms with Crippen LogP contribution in [0.1, 0.15) is 38.4 Å². The lowest BCUT2D eigenvalue weighted by atomic mass is 9.99. The molecule has 0 bridgehead atoms. The van der Waals surface area contributed by atoms with Gasteiger partial charge in [-0.2, -0.15) is 5.10 Å². The minimum absolute atomic E-state index is 0.0930. The number of carbonyl (C=O) groups is 1. The van der Waals surface area contributed by atoms with E-state index < -0.39 is 5.97 Å². The summed E-state index contributed by atoms with van der Waals surface area (Å²) in [6.07, 6.45) is 1.70. The van der Waals surface area contributed by atoms with Gasteiger partial charge in [0.15, 0.2) is 5.69 Å². The average Bonchev–Trinajstić information content (AvgIpc) is 3.10. The molecule has 0 atom stereocenters. The van der Waals surface area contributed by atoms with Gasteiger partial charge in [0.05, 0.1) is 12.7 Å². The number of hydrogen-bond acceptors (Lipinski definition) is 5. The van der Waals surface area contributed by atoms with Gasteiger partial charge in [-0.3, -0.25) is 5.10 Å². The second-order valence-corrected chi connectivity index (χ2v) is 7.79. The molecule has 4 rings (SSSR count). The molecule has 1 aliphatic rings. The fourth-order valence-electron chi connectivity index (χ4n) is 3.52. The van der Waals surface area contributed by atoms with Crippen molar-refractivity contribution in [3.63, 3.8) is 0 Å². The van der Waals surface area contributed by atoms with Gasteiger partial charge in [0.1, 0.15) is 12.4 Å². The topological polar surface area (TPSA) is 96.5 Å². The molecule has 7 heteroatoms. The van der Waals surface area contributed by atoms with Crippen molar-refractivity contribution in [1.82, 2.24) is 15.5 Å². The maximum absolute atomic E-state index is 11.3. The zero-order chi connectivity index (χ0) is 21.6. The minimum atomic E-state index is -1.01. The monoisotopic (exact) mass is 421 g/mol. The van der Waals surface area contributed by atoms with Gasteiger partial charge < -0.3 is 19.9 Å². The zero-order valence-corrected chi connectivity index (χ0v) is 17.6. The third kappa shape index (κ3) is 5.51. The predicted octanol–water partition coefficient (Wildman–Crippen LogP) is 2.97. The standard InChI is InChI=1S/C24H27N3O4/c1-16-22(23(24(28)29)27-26-16)13-19-4-2-17(3-5-19)12-18-6-8-20(9-7-18)30-10-11-31-21-14-25-15-21/h2-9,21,25H,10-15H2,1H3,(H,26,27)(H,28,29). The number of rotatable bonds is 10. The number of aromatic nitrogens is 2. The molecular formula is C24H27N3O4. The normalized spacial score (nSPS) is 13.7. The Morgan fingerprint density at radius 1 is 1.00 bits per heavy atom. The number of benzene rings is 2. The summed E-state index contributed by atoms with van der Waals surface area (Å²) < 4.78 is 11.4. The highest BCUT2D eigenvalue weighted by atomic mass is 16.5. The first-order valence-corrected chi connectivity index (χ1v) is 10.5. The third-order valence-corrected chi connectivity index (χ3v) is 5.46. The number of aromatic amines is 1. The zero-order valence-electron chi connectivity index (χ0n) is 17.6. The number of aryl methyl sites for hydroxylation is 1. The van der Waals surface area contributed by atoms with Gasteiger partial charge in [-0.15, -0.1) is 0 Å². The Bertz CT molecular complexity index is 1010. The Labute approximate surface area is 181 Å². The Morgan fingerprint density at radius 2 is 1.61 bits per heavy atom. The molecule has 1 saturated heterocycles. The van der Waals surface area contributed by atoms with E-state index in [9.17, 15) is 9.90 Å². The summed E-state index contributed by atoms with van der Waals surface area (Å²) in [5.74, 6) is -0.161. The van der Waals surface area contributed by atoms with Gasteiger partial charge in [-0.1, -0.05) is 36.4 Å². The fourth-order valence-corrected chi connectivity index (χ4v) is 3.52. The van der Waals surface area contributed by atoms with Crippen LogP contribution in [0.5, 0.6) is 5.75 Å². The number of carboxylic acids is 1. The maximum Gasteiger partial charge on any atom is 0.356 e. The number of ether oxygens (including phenoxy) is 2. The van der Waals surface area contributed by atoms with Crippen LogP contribution in [0, 0.1) is 6.92 Å². The number of nitrogens with zero attached hydrogens (tertiary/aromatic N) is 1. The maximum atomic E-state index is 11.3. The number of hydrogen-bond donors (Lipinski definition) is 3. The van der Waals surface area contributed by atoms with Crippen molar-refractivity contribution in [3.8, 4) is 5.75 Å². The number of H-pyrrole nitrogens is 1. The average molecular weight is 421 g/mol. The SMILES string of the molecule is Cc1[nH]nc(C(=O)O)c1Cc1ccc(Cc2ccc(OCCOC3CNC3)cc2)cc1. The smallest absolute Gasteiger partial charge is 0.356 e. The van der Waals surface area contributed by atoms with E-state index in [0.717, 1.165) is 42.1 Å². The molecule has 162 valence electrons. The molecule has 2 heterocycles. The van der Waals surface area contributed by atoms with Gasteiger partial charge >= 0.3 is 5.97 Å². The molecule has 1 aliphatic heterocycles. The van der Waals surface area contributed by atoms with Gasteiger partial charge in [0.2, 0.25) is 0 Å². The summed E-state index contributed by atoms with van der Waals surface area (Å²) >= 11 is 0. The summed E-state index contributed by atoms with van der Waals surface area (Å²) in [5, 5.41) is 19.1. The molecule has 0 spiro atoms. The highest BCUT2D eigenvalue weighted by molar-refractivity contribution is 5.87. The quantitative estimate of drug-likeness (QED) is 0.436. The largest absolute Gasteiger partial charge is 0.491 e. The first-order chi connectivity index (χ1) is 15.1.